The highest BCUT2D eigenvalue weighted by Crippen LogP contribution is 2.25. The Bertz CT molecular complexity index is 246. The van der Waals surface area contributed by atoms with Crippen LogP contribution in [-0.4, -0.2) is 28.5 Å². The van der Waals surface area contributed by atoms with Gasteiger partial charge in [0.15, 0.2) is 0 Å². The van der Waals surface area contributed by atoms with Crippen LogP contribution in [0.2, 0.25) is 0 Å². The summed E-state index contributed by atoms with van der Waals surface area (Å²) >= 11 is 0. The van der Waals surface area contributed by atoms with Gasteiger partial charge in [-0.1, -0.05) is 32.8 Å². The van der Waals surface area contributed by atoms with Gasteiger partial charge in [0.1, 0.15) is 0 Å². The second kappa shape index (κ2) is 4.90. The minimum Gasteiger partial charge on any atom is -0.423 e. The predicted octanol–water partition coefficient (Wildman–Crippen LogP) is 2.17. The lowest BCUT2D eigenvalue weighted by Crippen LogP contribution is -2.50. The van der Waals surface area contributed by atoms with E-state index in [2.05, 4.69) is 0 Å². The van der Waals surface area contributed by atoms with Crippen LogP contribution in [0, 0.1) is 5.41 Å². The first-order valence-electron chi connectivity index (χ1n) is 5.63. The van der Waals surface area contributed by atoms with Gasteiger partial charge in [-0.2, -0.15) is 0 Å². The van der Waals surface area contributed by atoms with Crippen molar-refractivity contribution in [1.82, 2.24) is 0 Å². The molecule has 0 fully saturated rings. The molecular weight excluding hydrogens is 203 g/mol. The molecular formula is C12H25BO3. The molecule has 0 radical (unpaired) electrons. The van der Waals surface area contributed by atoms with Gasteiger partial charge in [-0.25, -0.2) is 0 Å². The third-order valence-corrected chi connectivity index (χ3v) is 2.65. The highest BCUT2D eigenvalue weighted by atomic mass is 16.5. The van der Waals surface area contributed by atoms with Crippen LogP contribution in [0.4, 0.5) is 0 Å². The molecule has 0 aromatic heterocycles. The third-order valence-electron chi connectivity index (χ3n) is 2.65. The van der Waals surface area contributed by atoms with Crippen molar-refractivity contribution in [3.8, 4) is 0 Å². The van der Waals surface area contributed by atoms with E-state index in [1.54, 1.807) is 33.7 Å². The van der Waals surface area contributed by atoms with Crippen LogP contribution < -0.4 is 0 Å². The average molecular weight is 228 g/mol. The standard InChI is InChI=1S/C12H25BO3/c1-10(2,3)8-9-13(15)16-12(6,7)11(4,5)14/h8-9,14-15H,1-7H3. The predicted molar refractivity (Wildman–Crippen MR) is 68.0 cm³/mol. The summed E-state index contributed by atoms with van der Waals surface area (Å²) in [6.45, 7) is 12.9. The molecule has 3 nitrogen and oxygen atoms in total. The van der Waals surface area contributed by atoms with Crippen molar-refractivity contribution in [2.45, 2.75) is 59.7 Å². The van der Waals surface area contributed by atoms with Gasteiger partial charge in [0, 0.05) is 0 Å². The van der Waals surface area contributed by atoms with Crippen molar-refractivity contribution in [2.75, 3.05) is 0 Å². The number of hydrogen-bond donors (Lipinski definition) is 2. The second-order valence-corrected chi connectivity index (χ2v) is 6.30. The molecule has 0 unspecified atom stereocenters. The van der Waals surface area contributed by atoms with Crippen molar-refractivity contribution in [3.63, 3.8) is 0 Å². The summed E-state index contributed by atoms with van der Waals surface area (Å²) in [6, 6.07) is 0. The maximum absolute atomic E-state index is 9.86. The molecule has 0 aliphatic rings. The summed E-state index contributed by atoms with van der Waals surface area (Å²) in [4.78, 5) is 0. The van der Waals surface area contributed by atoms with Crippen LogP contribution in [0.25, 0.3) is 0 Å². The Morgan fingerprint density at radius 3 is 1.75 bits per heavy atom. The molecule has 0 atom stereocenters. The molecule has 0 aromatic rings. The zero-order valence-corrected chi connectivity index (χ0v) is 11.5. The van der Waals surface area contributed by atoms with Gasteiger partial charge in [-0.15, -0.1) is 0 Å². The SMILES string of the molecule is CC(C)(C)C=CB(O)OC(C)(C)C(C)(C)O. The normalized spacial score (nSPS) is 14.6. The Morgan fingerprint density at radius 2 is 1.44 bits per heavy atom. The van der Waals surface area contributed by atoms with E-state index in [1.165, 1.54) is 0 Å². The van der Waals surface area contributed by atoms with E-state index in [4.69, 9.17) is 4.65 Å². The molecule has 0 saturated heterocycles. The first-order valence-corrected chi connectivity index (χ1v) is 5.63. The maximum atomic E-state index is 9.86. The molecule has 0 aliphatic heterocycles. The fourth-order valence-electron chi connectivity index (χ4n) is 0.856. The molecule has 0 bridgehead atoms. The zero-order chi connectivity index (χ0) is 13.2. The van der Waals surface area contributed by atoms with Gasteiger partial charge in [0.25, 0.3) is 0 Å². The lowest BCUT2D eigenvalue weighted by atomic mass is 9.81. The lowest BCUT2D eigenvalue weighted by Gasteiger charge is -2.38. The van der Waals surface area contributed by atoms with E-state index in [0.717, 1.165) is 0 Å². The Kier molecular flexibility index (Phi) is 4.81. The number of hydrogen-bond acceptors (Lipinski definition) is 3. The number of rotatable bonds is 4. The fourth-order valence-corrected chi connectivity index (χ4v) is 0.856. The molecule has 2 N–H and O–H groups in total. The van der Waals surface area contributed by atoms with E-state index in [0.29, 0.717) is 0 Å². The van der Waals surface area contributed by atoms with Crippen LogP contribution in [0.5, 0.6) is 0 Å². The monoisotopic (exact) mass is 228 g/mol. The van der Waals surface area contributed by atoms with Gasteiger partial charge in [-0.3, -0.25) is 0 Å². The van der Waals surface area contributed by atoms with Gasteiger partial charge >= 0.3 is 7.12 Å². The maximum Gasteiger partial charge on any atom is 0.483 e. The Hall–Kier alpha value is -0.315. The third kappa shape index (κ3) is 5.68. The lowest BCUT2D eigenvalue weighted by molar-refractivity contribution is -0.0985. The quantitative estimate of drug-likeness (QED) is 0.725. The first kappa shape index (κ1) is 15.7. The molecule has 4 heteroatoms. The Balaban J connectivity index is 4.47. The fraction of sp³-hybridized carbons (Fsp3) is 0.833. The van der Waals surface area contributed by atoms with Crippen molar-refractivity contribution in [3.05, 3.63) is 12.1 Å². The van der Waals surface area contributed by atoms with E-state index in [-0.39, 0.29) is 5.41 Å². The molecule has 0 aromatic carbocycles. The van der Waals surface area contributed by atoms with Crippen LogP contribution in [0.15, 0.2) is 12.1 Å². The Morgan fingerprint density at radius 1 is 1.00 bits per heavy atom. The van der Waals surface area contributed by atoms with Gasteiger partial charge in [0.2, 0.25) is 0 Å². The van der Waals surface area contributed by atoms with E-state index >= 15 is 0 Å². The van der Waals surface area contributed by atoms with E-state index < -0.39 is 18.3 Å². The van der Waals surface area contributed by atoms with Crippen LogP contribution in [-0.2, 0) is 4.65 Å². The van der Waals surface area contributed by atoms with Crippen LogP contribution in [0.1, 0.15) is 48.5 Å². The highest BCUT2D eigenvalue weighted by molar-refractivity contribution is 6.49. The van der Waals surface area contributed by atoms with Crippen LogP contribution >= 0.6 is 0 Å². The summed E-state index contributed by atoms with van der Waals surface area (Å²) in [6.07, 6.45) is 1.89. The van der Waals surface area contributed by atoms with Gasteiger partial charge in [-0.05, 0) is 33.1 Å². The van der Waals surface area contributed by atoms with Crippen molar-refractivity contribution < 1.29 is 14.8 Å². The molecule has 0 rings (SSSR count). The summed E-state index contributed by atoms with van der Waals surface area (Å²) in [7, 11) is -0.999. The number of aliphatic hydroxyl groups is 1. The topological polar surface area (TPSA) is 49.7 Å². The molecule has 0 spiro atoms. The smallest absolute Gasteiger partial charge is 0.423 e. The Labute approximate surface area is 99.7 Å². The minimum atomic E-state index is -1.01. The summed E-state index contributed by atoms with van der Waals surface area (Å²) < 4.78 is 5.42. The first-order chi connectivity index (χ1) is 6.85. The molecule has 16 heavy (non-hydrogen) atoms. The zero-order valence-electron chi connectivity index (χ0n) is 11.5. The van der Waals surface area contributed by atoms with Crippen LogP contribution in [0.3, 0.4) is 0 Å². The highest BCUT2D eigenvalue weighted by Gasteiger charge is 2.38. The molecule has 0 heterocycles. The summed E-state index contributed by atoms with van der Waals surface area (Å²) in [5.41, 5.74) is -1.82. The van der Waals surface area contributed by atoms with Crippen molar-refractivity contribution in [1.29, 1.82) is 0 Å². The molecule has 0 saturated carbocycles. The summed E-state index contributed by atoms with van der Waals surface area (Å²) in [5.74, 6) is 1.60. The minimum absolute atomic E-state index is 0.00319. The molecule has 94 valence electrons. The second-order valence-electron chi connectivity index (χ2n) is 6.30. The van der Waals surface area contributed by atoms with Crippen molar-refractivity contribution >= 4 is 7.12 Å². The van der Waals surface area contributed by atoms with Gasteiger partial charge in [0.05, 0.1) is 11.2 Å². The van der Waals surface area contributed by atoms with Crippen molar-refractivity contribution in [2.24, 2.45) is 5.41 Å². The number of allylic oxidation sites excluding steroid dienone is 1. The average Bonchev–Trinajstić information content (AvgIpc) is 1.96. The van der Waals surface area contributed by atoms with E-state index in [9.17, 15) is 10.1 Å². The van der Waals surface area contributed by atoms with E-state index in [1.807, 2.05) is 26.8 Å². The van der Waals surface area contributed by atoms with Gasteiger partial charge < -0.3 is 14.8 Å². The summed E-state index contributed by atoms with van der Waals surface area (Å²) in [5, 5.41) is 19.6. The molecule has 0 amide bonds. The molecule has 0 aliphatic carbocycles. The largest absolute Gasteiger partial charge is 0.483 e.